The van der Waals surface area contributed by atoms with Gasteiger partial charge in [-0.2, -0.15) is 25.0 Å². The van der Waals surface area contributed by atoms with Crippen molar-refractivity contribution in [1.29, 1.82) is 5.26 Å². The van der Waals surface area contributed by atoms with Crippen molar-refractivity contribution in [2.75, 3.05) is 50.0 Å². The molecule has 0 radical (unpaired) electrons. The lowest BCUT2D eigenvalue weighted by Gasteiger charge is -2.50. The molecule has 2 N–H and O–H groups in total. The summed E-state index contributed by atoms with van der Waals surface area (Å²) in [6, 6.07) is 5.79. The van der Waals surface area contributed by atoms with E-state index in [0.29, 0.717) is 50.2 Å². The number of ether oxygens (including phenoxy) is 1. The van der Waals surface area contributed by atoms with E-state index in [1.165, 1.54) is 29.5 Å². The van der Waals surface area contributed by atoms with Crippen LogP contribution in [0.5, 0.6) is 6.01 Å². The number of hydrogen-bond acceptors (Lipinski definition) is 11. The van der Waals surface area contributed by atoms with E-state index >= 15 is 4.39 Å². The third-order valence-electron chi connectivity index (χ3n) is 11.1. The Balaban J connectivity index is 1.16. The van der Waals surface area contributed by atoms with Gasteiger partial charge in [0.15, 0.2) is 5.82 Å². The Morgan fingerprint density at radius 3 is 2.80 bits per heavy atom. The highest BCUT2D eigenvalue weighted by atomic mass is 35.5. The molecule has 1 spiro atoms. The first-order chi connectivity index (χ1) is 24.6. The van der Waals surface area contributed by atoms with E-state index in [1.54, 1.807) is 11.0 Å². The fourth-order valence-corrected chi connectivity index (χ4v) is 9.84. The predicted octanol–water partition coefficient (Wildman–Crippen LogP) is 5.77. The number of aromatic nitrogens is 5. The standard InChI is InChI=1S/C34H30ClF3N10O2S/c35-22-10-20-27(26(38)25(22)19-2-3-23(37)28-24(19)21(12-39)29(40)51-28)43-31(50-15-34-4-1-7-46(34)13-18(36)11-34)44-30(20)45-8-5-33(14-45)6-9-47(33)32(49)48-17-41-16-42-48/h2-3,10,16-18H,1,4-9,11,13-15,40H2/t18-,33-,34+/m1/s1. The molecule has 51 heavy (non-hydrogen) atoms. The number of fused-ring (bicyclic) bond motifs is 3. The van der Waals surface area contributed by atoms with E-state index in [0.717, 1.165) is 37.1 Å². The summed E-state index contributed by atoms with van der Waals surface area (Å²) in [5.74, 6) is -1.03. The van der Waals surface area contributed by atoms with Crippen LogP contribution >= 0.6 is 22.9 Å². The van der Waals surface area contributed by atoms with Crippen LogP contribution in [-0.2, 0) is 0 Å². The molecule has 17 heteroatoms. The lowest BCUT2D eigenvalue weighted by molar-refractivity contribution is 0.0400. The van der Waals surface area contributed by atoms with Gasteiger partial charge in [0.1, 0.15) is 53.7 Å². The monoisotopic (exact) mass is 734 g/mol. The lowest BCUT2D eigenvalue weighted by Crippen LogP contribution is -2.64. The molecule has 3 aromatic heterocycles. The van der Waals surface area contributed by atoms with E-state index in [1.807, 2.05) is 11.0 Å². The van der Waals surface area contributed by atoms with Crippen LogP contribution in [0.4, 0.5) is 28.8 Å². The first-order valence-electron chi connectivity index (χ1n) is 16.7. The summed E-state index contributed by atoms with van der Waals surface area (Å²) in [5.41, 5.74) is 5.14. The molecule has 0 bridgehead atoms. The van der Waals surface area contributed by atoms with Gasteiger partial charge in [-0.05, 0) is 49.9 Å². The Hall–Kier alpha value is -4.72. The van der Waals surface area contributed by atoms with Gasteiger partial charge in [0.05, 0.1) is 26.4 Å². The maximum Gasteiger partial charge on any atom is 0.346 e. The van der Waals surface area contributed by atoms with Gasteiger partial charge < -0.3 is 20.3 Å². The Morgan fingerprint density at radius 1 is 1.20 bits per heavy atom. The van der Waals surface area contributed by atoms with Crippen LogP contribution in [0.1, 0.15) is 37.7 Å². The zero-order valence-corrected chi connectivity index (χ0v) is 28.7. The number of thiophene rings is 1. The molecule has 4 aliphatic heterocycles. The average Bonchev–Trinajstić information content (AvgIpc) is 3.93. The molecule has 2 aromatic carbocycles. The number of likely N-dealkylation sites (tertiary alicyclic amines) is 1. The van der Waals surface area contributed by atoms with Crippen molar-refractivity contribution in [3.8, 4) is 23.2 Å². The number of nitrogen functional groups attached to an aromatic ring is 1. The predicted molar refractivity (Wildman–Crippen MR) is 185 cm³/mol. The first kappa shape index (κ1) is 32.2. The quantitative estimate of drug-likeness (QED) is 0.237. The topological polar surface area (TPSA) is 142 Å². The highest BCUT2D eigenvalue weighted by molar-refractivity contribution is 7.23. The molecule has 4 saturated heterocycles. The highest BCUT2D eigenvalue weighted by Gasteiger charge is 2.53. The Bertz CT molecular complexity index is 2300. The summed E-state index contributed by atoms with van der Waals surface area (Å²) < 4.78 is 54.2. The lowest BCUT2D eigenvalue weighted by atomic mass is 9.84. The molecule has 0 unspecified atom stereocenters. The minimum Gasteiger partial charge on any atom is -0.461 e. The number of anilines is 2. The number of carbonyl (C=O) groups excluding carboxylic acids is 1. The molecule has 0 aliphatic carbocycles. The molecule has 0 saturated carbocycles. The van der Waals surface area contributed by atoms with Crippen molar-refractivity contribution in [3.63, 3.8) is 0 Å². The second kappa shape index (κ2) is 11.7. The van der Waals surface area contributed by atoms with E-state index in [-0.39, 0.29) is 61.0 Å². The van der Waals surface area contributed by atoms with E-state index < -0.39 is 28.9 Å². The van der Waals surface area contributed by atoms with Crippen LogP contribution in [0, 0.1) is 23.0 Å². The van der Waals surface area contributed by atoms with Gasteiger partial charge in [0.25, 0.3) is 0 Å². The maximum absolute atomic E-state index is 17.1. The number of amides is 1. The second-order valence-electron chi connectivity index (χ2n) is 13.8. The summed E-state index contributed by atoms with van der Waals surface area (Å²) in [5, 5.41) is 14.5. The fraction of sp³-hybridized carbons (Fsp3) is 0.412. The molecule has 9 rings (SSSR count). The summed E-state index contributed by atoms with van der Waals surface area (Å²) in [6.07, 6.45) is 5.10. The minimum absolute atomic E-state index is 0.000980. The van der Waals surface area contributed by atoms with E-state index in [9.17, 15) is 18.8 Å². The molecule has 7 heterocycles. The third-order valence-corrected chi connectivity index (χ3v) is 12.4. The van der Waals surface area contributed by atoms with Crippen LogP contribution in [0.2, 0.25) is 5.02 Å². The molecule has 1 amide bonds. The van der Waals surface area contributed by atoms with Gasteiger partial charge in [-0.3, -0.25) is 4.90 Å². The number of nitrogens with zero attached hydrogens (tertiary/aromatic N) is 9. The molecular weight excluding hydrogens is 705 g/mol. The summed E-state index contributed by atoms with van der Waals surface area (Å²) >= 11 is 7.79. The average molecular weight is 735 g/mol. The molecule has 4 fully saturated rings. The largest absolute Gasteiger partial charge is 0.461 e. The number of nitriles is 1. The van der Waals surface area contributed by atoms with E-state index in [4.69, 9.17) is 27.1 Å². The SMILES string of the molecule is N#Cc1c(N)sc2c(F)ccc(-c3c(Cl)cc4c(N5CC[C@@]6(CCN6C(=O)n6cncn6)C5)nc(OC[C@@]56CCCN5C[C@H](F)C6)nc4c3F)c12. The Morgan fingerprint density at radius 2 is 2.04 bits per heavy atom. The van der Waals surface area contributed by atoms with Crippen molar-refractivity contribution >= 4 is 60.8 Å². The number of hydrogen-bond donors (Lipinski definition) is 1. The summed E-state index contributed by atoms with van der Waals surface area (Å²) in [4.78, 5) is 32.4. The highest BCUT2D eigenvalue weighted by Crippen LogP contribution is 2.48. The van der Waals surface area contributed by atoms with Crippen LogP contribution in [-0.4, -0.2) is 97.1 Å². The van der Waals surface area contributed by atoms with Crippen LogP contribution in [0.25, 0.3) is 32.1 Å². The third kappa shape index (κ3) is 4.85. The Labute approximate surface area is 298 Å². The number of benzene rings is 2. The zero-order chi connectivity index (χ0) is 35.2. The summed E-state index contributed by atoms with van der Waals surface area (Å²) in [7, 11) is 0. The van der Waals surface area contributed by atoms with Crippen molar-refractivity contribution in [2.45, 2.75) is 49.4 Å². The normalized spacial score (nSPS) is 24.5. The molecule has 5 aromatic rings. The van der Waals surface area contributed by atoms with Gasteiger partial charge >= 0.3 is 12.0 Å². The molecular formula is C34H30ClF3N10O2S. The van der Waals surface area contributed by atoms with Crippen LogP contribution in [0.15, 0.2) is 30.9 Å². The van der Waals surface area contributed by atoms with E-state index in [2.05, 4.69) is 20.0 Å². The molecule has 262 valence electrons. The van der Waals surface area contributed by atoms with Crippen LogP contribution in [0.3, 0.4) is 0 Å². The number of carbonyl (C=O) groups is 1. The number of alkyl halides is 1. The molecule has 12 nitrogen and oxygen atoms in total. The maximum atomic E-state index is 17.1. The summed E-state index contributed by atoms with van der Waals surface area (Å²) in [6.45, 7) is 2.68. The van der Waals surface area contributed by atoms with Crippen molar-refractivity contribution < 1.29 is 22.7 Å². The second-order valence-corrected chi connectivity index (χ2v) is 15.3. The van der Waals surface area contributed by atoms with Crippen molar-refractivity contribution in [2.24, 2.45) is 0 Å². The smallest absolute Gasteiger partial charge is 0.346 e. The van der Waals surface area contributed by atoms with Gasteiger partial charge in [-0.25, -0.2) is 22.9 Å². The Kier molecular flexibility index (Phi) is 7.36. The number of nitrogens with two attached hydrogens (primary N) is 1. The zero-order valence-electron chi connectivity index (χ0n) is 27.1. The number of rotatable bonds is 5. The minimum atomic E-state index is -0.965. The van der Waals surface area contributed by atoms with Crippen molar-refractivity contribution in [1.82, 2.24) is 34.5 Å². The van der Waals surface area contributed by atoms with Gasteiger partial charge in [-0.1, -0.05) is 17.7 Å². The van der Waals surface area contributed by atoms with Gasteiger partial charge in [-0.15, -0.1) is 11.3 Å². The molecule has 3 atom stereocenters. The first-order valence-corrected chi connectivity index (χ1v) is 17.8. The van der Waals surface area contributed by atoms with Gasteiger partial charge in [0.2, 0.25) is 0 Å². The van der Waals surface area contributed by atoms with Crippen molar-refractivity contribution in [3.05, 3.63) is 53.1 Å². The van der Waals surface area contributed by atoms with Gasteiger partial charge in [0, 0.05) is 48.9 Å². The number of halogens is 4. The van der Waals surface area contributed by atoms with Crippen LogP contribution < -0.4 is 15.4 Å². The fourth-order valence-electron chi connectivity index (χ4n) is 8.60. The molecule has 4 aliphatic rings.